The molecule has 0 saturated heterocycles. The van der Waals surface area contributed by atoms with Crippen molar-refractivity contribution < 1.29 is 24.3 Å². The van der Waals surface area contributed by atoms with Crippen molar-refractivity contribution in [1.82, 2.24) is 9.88 Å². The molecule has 0 aliphatic carbocycles. The molecule has 0 radical (unpaired) electrons. The summed E-state index contributed by atoms with van der Waals surface area (Å²) in [5.41, 5.74) is 16.5. The van der Waals surface area contributed by atoms with Gasteiger partial charge in [0.2, 0.25) is 12.3 Å². The van der Waals surface area contributed by atoms with Crippen LogP contribution in [0.1, 0.15) is 35.1 Å². The van der Waals surface area contributed by atoms with Crippen molar-refractivity contribution >= 4 is 51.9 Å². The second kappa shape index (κ2) is 21.7. The molecule has 1 unspecified atom stereocenters. The normalized spacial score (nSPS) is 11.0. The standard InChI is InChI=1S/C22H21N3O.C20H19N.C4H6O3.CH3NO/c1-25-14-16(18-10-4-5-12-21(18)25)13-20(22(23)26)24-19-11-6-8-15-7-2-3-9-17(15)19;1-21-20(17-11-5-2-6-12-17,18-13-7-3-8-14-18)19-15-9-4-10-16-19;5-3-1-2-4(6)7;2-1-3/h2-12,14,20,24H,13H2,1H3,(H2,23,26);2-16,21H,1H3;3H,1-2H2,(H,6,7);1H,(H2,2,3). The van der Waals surface area contributed by atoms with Crippen LogP contribution >= 0.6 is 0 Å². The monoisotopic (exact) mass is 763 g/mol. The van der Waals surface area contributed by atoms with E-state index in [9.17, 15) is 14.4 Å². The Hall–Kier alpha value is -7.04. The molecule has 2 amide bonds. The Bertz CT molecular complexity index is 2230. The lowest BCUT2D eigenvalue weighted by Gasteiger charge is -2.35. The van der Waals surface area contributed by atoms with Crippen molar-refractivity contribution in [2.75, 3.05) is 12.4 Å². The lowest BCUT2D eigenvalue weighted by molar-refractivity contribution is -0.137. The van der Waals surface area contributed by atoms with E-state index >= 15 is 0 Å². The van der Waals surface area contributed by atoms with Crippen LogP contribution in [0, 0.1) is 0 Å². The number of carboxylic acid groups (broad SMARTS) is 1. The molecule has 6 aromatic carbocycles. The molecule has 0 saturated carbocycles. The summed E-state index contributed by atoms with van der Waals surface area (Å²) in [5.74, 6) is -1.28. The zero-order chi connectivity index (χ0) is 41.0. The number of para-hydroxylation sites is 1. The third-order valence-electron chi connectivity index (χ3n) is 9.34. The SMILES string of the molecule is CNC(c1ccccc1)(c1ccccc1)c1ccccc1.Cn1cc(CC(Nc2cccc3ccccc23)C(N)=O)c2ccccc21.NC=O.O=CCCC(=O)O. The fraction of sp³-hybridized carbons (Fsp3) is 0.149. The summed E-state index contributed by atoms with van der Waals surface area (Å²) in [4.78, 5) is 39.8. The number of fused-ring (bicyclic) bond motifs is 2. The maximum atomic E-state index is 12.1. The highest BCUT2D eigenvalue weighted by Gasteiger charge is 2.34. The van der Waals surface area contributed by atoms with Crippen molar-refractivity contribution in [2.45, 2.75) is 30.8 Å². The van der Waals surface area contributed by atoms with Crippen LogP contribution in [-0.2, 0) is 38.2 Å². The summed E-state index contributed by atoms with van der Waals surface area (Å²) in [6, 6.07) is 53.6. The second-order valence-corrected chi connectivity index (χ2v) is 12.9. The Morgan fingerprint density at radius 1 is 0.719 bits per heavy atom. The minimum Gasteiger partial charge on any atom is -0.481 e. The topological polar surface area (TPSA) is 170 Å². The number of nitrogens with two attached hydrogens (primary N) is 2. The lowest BCUT2D eigenvalue weighted by atomic mass is 9.77. The number of carbonyl (C=O) groups is 4. The molecule has 7 N–H and O–H groups in total. The van der Waals surface area contributed by atoms with Gasteiger partial charge in [0.1, 0.15) is 12.3 Å². The average Bonchev–Trinajstić information content (AvgIpc) is 3.56. The van der Waals surface area contributed by atoms with Gasteiger partial charge < -0.3 is 36.6 Å². The molecule has 292 valence electrons. The zero-order valence-electron chi connectivity index (χ0n) is 32.1. The molecule has 0 spiro atoms. The van der Waals surface area contributed by atoms with Gasteiger partial charge in [0, 0.05) is 48.1 Å². The van der Waals surface area contributed by atoms with Crippen LogP contribution in [0.2, 0.25) is 0 Å². The van der Waals surface area contributed by atoms with E-state index < -0.39 is 12.0 Å². The molecule has 57 heavy (non-hydrogen) atoms. The maximum Gasteiger partial charge on any atom is 0.303 e. The fourth-order valence-corrected chi connectivity index (χ4v) is 6.75. The Labute approximate surface area is 333 Å². The van der Waals surface area contributed by atoms with Gasteiger partial charge in [-0.25, -0.2) is 0 Å². The molecular weight excluding hydrogens is 715 g/mol. The quantitative estimate of drug-likeness (QED) is 0.0648. The fourth-order valence-electron chi connectivity index (χ4n) is 6.75. The number of aryl methyl sites for hydroxylation is 1. The Balaban J connectivity index is 0.000000208. The number of nitrogens with one attached hydrogen (secondary N) is 2. The van der Waals surface area contributed by atoms with E-state index in [2.05, 4.69) is 142 Å². The number of carboxylic acids is 1. The average molecular weight is 764 g/mol. The summed E-state index contributed by atoms with van der Waals surface area (Å²) in [7, 11) is 4.04. The first-order valence-electron chi connectivity index (χ1n) is 18.4. The molecule has 0 fully saturated rings. The number of hydrogen-bond donors (Lipinski definition) is 5. The summed E-state index contributed by atoms with van der Waals surface area (Å²) >= 11 is 0. The molecule has 7 aromatic rings. The molecule has 1 atom stereocenters. The number of anilines is 1. The van der Waals surface area contributed by atoms with Gasteiger partial charge in [-0.3, -0.25) is 14.4 Å². The second-order valence-electron chi connectivity index (χ2n) is 12.9. The van der Waals surface area contributed by atoms with Crippen molar-refractivity contribution in [1.29, 1.82) is 0 Å². The number of hydrogen-bond acceptors (Lipinski definition) is 6. The van der Waals surface area contributed by atoms with Gasteiger partial charge in [-0.05, 0) is 46.8 Å². The Kier molecular flexibility index (Phi) is 16.3. The van der Waals surface area contributed by atoms with Crippen LogP contribution in [0.15, 0.2) is 164 Å². The van der Waals surface area contributed by atoms with Gasteiger partial charge in [-0.2, -0.15) is 0 Å². The number of aromatic nitrogens is 1. The highest BCUT2D eigenvalue weighted by atomic mass is 16.4. The van der Waals surface area contributed by atoms with Crippen LogP contribution in [-0.4, -0.2) is 47.3 Å². The largest absolute Gasteiger partial charge is 0.481 e. The smallest absolute Gasteiger partial charge is 0.303 e. The number of amides is 2. The van der Waals surface area contributed by atoms with Gasteiger partial charge in [0.25, 0.3) is 0 Å². The van der Waals surface area contributed by atoms with Gasteiger partial charge >= 0.3 is 5.97 Å². The summed E-state index contributed by atoms with van der Waals surface area (Å²) < 4.78 is 2.08. The summed E-state index contributed by atoms with van der Waals surface area (Å²) in [6.07, 6.45) is 3.53. The number of primary amides is 2. The van der Waals surface area contributed by atoms with E-state index in [1.54, 1.807) is 0 Å². The van der Waals surface area contributed by atoms with Gasteiger partial charge in [-0.15, -0.1) is 0 Å². The summed E-state index contributed by atoms with van der Waals surface area (Å²) in [5, 5.41) is 18.2. The number of aldehydes is 1. The van der Waals surface area contributed by atoms with E-state index in [0.29, 0.717) is 12.7 Å². The predicted molar refractivity (Wildman–Crippen MR) is 229 cm³/mol. The first-order valence-corrected chi connectivity index (χ1v) is 18.4. The summed E-state index contributed by atoms with van der Waals surface area (Å²) in [6.45, 7) is 0. The number of nitrogens with zero attached hydrogens (tertiary/aromatic N) is 1. The Morgan fingerprint density at radius 3 is 1.67 bits per heavy atom. The highest BCUT2D eigenvalue weighted by molar-refractivity contribution is 5.96. The van der Waals surface area contributed by atoms with Gasteiger partial charge in [0.15, 0.2) is 0 Å². The third-order valence-corrected chi connectivity index (χ3v) is 9.34. The first kappa shape index (κ1) is 42.7. The highest BCUT2D eigenvalue weighted by Crippen LogP contribution is 2.36. The lowest BCUT2D eigenvalue weighted by Crippen LogP contribution is -2.42. The molecule has 0 bridgehead atoms. The van der Waals surface area contributed by atoms with Crippen molar-refractivity contribution in [2.24, 2.45) is 18.5 Å². The number of rotatable bonds is 12. The Morgan fingerprint density at radius 2 is 1.19 bits per heavy atom. The number of benzene rings is 6. The minimum atomic E-state index is -0.924. The third kappa shape index (κ3) is 11.3. The minimum absolute atomic E-state index is 0.0521. The van der Waals surface area contributed by atoms with E-state index in [1.807, 2.05) is 56.6 Å². The van der Waals surface area contributed by atoms with Crippen molar-refractivity contribution in [3.63, 3.8) is 0 Å². The van der Waals surface area contributed by atoms with Crippen LogP contribution in [0.4, 0.5) is 5.69 Å². The van der Waals surface area contributed by atoms with Gasteiger partial charge in [0.05, 0.1) is 12.0 Å². The number of carbonyl (C=O) groups excluding carboxylic acids is 3. The van der Waals surface area contributed by atoms with Crippen molar-refractivity contribution in [3.05, 3.63) is 186 Å². The van der Waals surface area contributed by atoms with Crippen LogP contribution in [0.5, 0.6) is 0 Å². The molecule has 10 nitrogen and oxygen atoms in total. The van der Waals surface area contributed by atoms with E-state index in [0.717, 1.165) is 32.9 Å². The maximum absolute atomic E-state index is 12.1. The van der Waals surface area contributed by atoms with Crippen LogP contribution < -0.4 is 22.1 Å². The molecule has 0 aliphatic heterocycles. The van der Waals surface area contributed by atoms with Crippen LogP contribution in [0.25, 0.3) is 21.7 Å². The zero-order valence-corrected chi connectivity index (χ0v) is 32.1. The van der Waals surface area contributed by atoms with Crippen LogP contribution in [0.3, 0.4) is 0 Å². The molecule has 0 aliphatic rings. The molecular formula is C47H49N5O5. The van der Waals surface area contributed by atoms with E-state index in [1.165, 1.54) is 16.7 Å². The van der Waals surface area contributed by atoms with Gasteiger partial charge in [-0.1, -0.05) is 146 Å². The molecule has 7 rings (SSSR count). The number of aliphatic carboxylic acids is 1. The van der Waals surface area contributed by atoms with E-state index in [-0.39, 0.29) is 30.7 Å². The van der Waals surface area contributed by atoms with Crippen molar-refractivity contribution in [3.8, 4) is 0 Å². The molecule has 1 heterocycles. The predicted octanol–water partition coefficient (Wildman–Crippen LogP) is 7.19. The molecule has 10 heteroatoms. The molecule has 1 aromatic heterocycles. The van der Waals surface area contributed by atoms with E-state index in [4.69, 9.17) is 15.6 Å². The first-order chi connectivity index (χ1) is 27.7.